The molecule has 0 unspecified atom stereocenters. The van der Waals surface area contributed by atoms with Gasteiger partial charge < -0.3 is 5.11 Å². The van der Waals surface area contributed by atoms with Crippen LogP contribution in [0.1, 0.15) is 10.4 Å². The van der Waals surface area contributed by atoms with Gasteiger partial charge in [-0.3, -0.25) is 4.68 Å². The third-order valence-electron chi connectivity index (χ3n) is 2.30. The molecule has 1 aromatic heterocycles. The first-order valence-corrected chi connectivity index (χ1v) is 7.36. The van der Waals surface area contributed by atoms with Gasteiger partial charge in [-0.2, -0.15) is 8.42 Å². The fraction of sp³-hybridized carbons (Fsp3) is 0. The average Bonchev–Trinajstić information content (AvgIpc) is 2.81. The zero-order chi connectivity index (χ0) is 14.0. The van der Waals surface area contributed by atoms with Crippen molar-refractivity contribution in [3.05, 3.63) is 52.8 Å². The van der Waals surface area contributed by atoms with Crippen LogP contribution in [0.5, 0.6) is 0 Å². The highest BCUT2D eigenvalue weighted by Crippen LogP contribution is 2.23. The van der Waals surface area contributed by atoms with E-state index in [1.807, 2.05) is 0 Å². The summed E-state index contributed by atoms with van der Waals surface area (Å²) in [5.74, 6) is -1.19. The van der Waals surface area contributed by atoms with Gasteiger partial charge in [0.2, 0.25) is 0 Å². The van der Waals surface area contributed by atoms with Gasteiger partial charge in [0.15, 0.2) is 0 Å². The summed E-state index contributed by atoms with van der Waals surface area (Å²) in [5.41, 5.74) is -0.101. The summed E-state index contributed by atoms with van der Waals surface area (Å²) in [6, 6.07) is 7.11. The molecule has 2 aromatic rings. The first-order chi connectivity index (χ1) is 8.90. The second-order valence-electron chi connectivity index (χ2n) is 3.64. The Morgan fingerprint density at radius 2 is 1.89 bits per heavy atom. The van der Waals surface area contributed by atoms with Crippen molar-refractivity contribution in [3.8, 4) is 0 Å². The summed E-state index contributed by atoms with van der Waals surface area (Å²) in [4.78, 5) is 13.0. The topological polar surface area (TPSA) is 88.4 Å². The second-order valence-corrected chi connectivity index (χ2v) is 6.12. The molecule has 0 amide bonds. The molecule has 1 heterocycles. The maximum absolute atomic E-state index is 12.1. The van der Waals surface area contributed by atoms with E-state index in [2.05, 4.69) is 20.8 Å². The number of rotatable bonds is 4. The Morgan fingerprint density at radius 3 is 2.47 bits per heavy atom. The van der Waals surface area contributed by atoms with Crippen LogP contribution in [0.25, 0.3) is 0 Å². The van der Waals surface area contributed by atoms with Crippen LogP contribution in [0.2, 0.25) is 0 Å². The molecule has 0 radical (unpaired) electrons. The molecular weight excluding hydrogens is 336 g/mol. The van der Waals surface area contributed by atoms with Crippen molar-refractivity contribution in [3.63, 3.8) is 0 Å². The van der Waals surface area contributed by atoms with Crippen molar-refractivity contribution < 1.29 is 18.3 Å². The van der Waals surface area contributed by atoms with Gasteiger partial charge in [0.1, 0.15) is 4.90 Å². The van der Waals surface area contributed by atoms with Crippen LogP contribution >= 0.6 is 15.9 Å². The number of nitrogens with zero attached hydrogens (tertiary/aromatic N) is 1. The zero-order valence-electron chi connectivity index (χ0n) is 9.45. The quantitative estimate of drug-likeness (QED) is 0.886. The number of nitrogens with one attached hydrogen (secondary N) is 1. The van der Waals surface area contributed by atoms with Gasteiger partial charge >= 0.3 is 5.97 Å². The molecule has 0 saturated heterocycles. The molecule has 0 aliphatic carbocycles. The maximum atomic E-state index is 12.1. The molecule has 8 heteroatoms. The summed E-state index contributed by atoms with van der Waals surface area (Å²) >= 11 is 3.10. The van der Waals surface area contributed by atoms with Gasteiger partial charge in [-0.15, -0.1) is 0 Å². The molecule has 0 saturated carbocycles. The number of carboxylic acids is 1. The zero-order valence-corrected chi connectivity index (χ0v) is 11.8. The Labute approximate surface area is 117 Å². The highest BCUT2D eigenvalue weighted by Gasteiger charge is 2.19. The number of halogens is 1. The number of aromatic carboxylic acids is 1. The van der Waals surface area contributed by atoms with Gasteiger partial charge in [0.25, 0.3) is 10.0 Å². The molecule has 0 aliphatic heterocycles. The molecule has 0 fully saturated rings. The summed E-state index contributed by atoms with van der Waals surface area (Å²) in [6.45, 7) is 0. The molecule has 2 N–H and O–H groups in total. The number of hydrogen-bond acceptors (Lipinski definition) is 3. The van der Waals surface area contributed by atoms with Crippen LogP contribution in [0.3, 0.4) is 0 Å². The Hall–Kier alpha value is -1.80. The van der Waals surface area contributed by atoms with Gasteiger partial charge in [-0.05, 0) is 46.3 Å². The Kier molecular flexibility index (Phi) is 3.63. The number of benzene rings is 1. The number of carboxylic acid groups (broad SMARTS) is 1. The lowest BCUT2D eigenvalue weighted by Gasteiger charge is -2.10. The van der Waals surface area contributed by atoms with Crippen molar-refractivity contribution >= 4 is 31.9 Å². The minimum atomic E-state index is -3.87. The fourth-order valence-electron chi connectivity index (χ4n) is 1.43. The Balaban J connectivity index is 2.45. The number of aromatic nitrogens is 1. The monoisotopic (exact) mass is 344 g/mol. The second kappa shape index (κ2) is 5.06. The lowest BCUT2D eigenvalue weighted by molar-refractivity contribution is 0.0696. The molecule has 19 heavy (non-hydrogen) atoms. The minimum Gasteiger partial charge on any atom is -0.478 e. The van der Waals surface area contributed by atoms with Crippen molar-refractivity contribution in [2.24, 2.45) is 0 Å². The number of sulfonamides is 1. The molecule has 1 aromatic carbocycles. The molecule has 2 rings (SSSR count). The smallest absolute Gasteiger partial charge is 0.335 e. The van der Waals surface area contributed by atoms with Gasteiger partial charge in [-0.25, -0.2) is 9.63 Å². The molecule has 0 aliphatic rings. The summed E-state index contributed by atoms with van der Waals surface area (Å²) in [6.07, 6.45) is 3.04. The number of carbonyl (C=O) groups is 1. The van der Waals surface area contributed by atoms with Crippen LogP contribution in [-0.2, 0) is 10.0 Å². The highest BCUT2D eigenvalue weighted by atomic mass is 79.9. The molecule has 6 nitrogen and oxygen atoms in total. The standard InChI is InChI=1S/C11H9BrN2O4S/c12-9-4-3-8(11(15)16)7-10(9)19(17,18)13-14-5-1-2-6-14/h1-7,13H,(H,15,16). The van der Waals surface area contributed by atoms with Crippen molar-refractivity contribution in [1.29, 1.82) is 0 Å². The van der Waals surface area contributed by atoms with E-state index in [0.29, 0.717) is 0 Å². The van der Waals surface area contributed by atoms with E-state index in [1.54, 1.807) is 12.1 Å². The molecule has 0 atom stereocenters. The van der Waals surface area contributed by atoms with E-state index in [9.17, 15) is 13.2 Å². The molecular formula is C11H9BrN2O4S. The largest absolute Gasteiger partial charge is 0.478 e. The summed E-state index contributed by atoms with van der Waals surface area (Å²) in [7, 11) is -3.87. The van der Waals surface area contributed by atoms with Gasteiger partial charge in [0.05, 0.1) is 5.56 Å². The Morgan fingerprint density at radius 1 is 1.26 bits per heavy atom. The van der Waals surface area contributed by atoms with Crippen molar-refractivity contribution in [2.75, 3.05) is 4.83 Å². The van der Waals surface area contributed by atoms with Crippen LogP contribution in [0, 0.1) is 0 Å². The lowest BCUT2D eigenvalue weighted by atomic mass is 10.2. The van der Waals surface area contributed by atoms with E-state index in [0.717, 1.165) is 6.07 Å². The van der Waals surface area contributed by atoms with Crippen LogP contribution in [0.15, 0.2) is 52.1 Å². The third-order valence-corrected chi connectivity index (χ3v) is 4.62. The van der Waals surface area contributed by atoms with Crippen LogP contribution < -0.4 is 4.83 Å². The SMILES string of the molecule is O=C(O)c1ccc(Br)c(S(=O)(=O)Nn2cccc2)c1. The first-order valence-electron chi connectivity index (χ1n) is 5.09. The van der Waals surface area contributed by atoms with Crippen LogP contribution in [-0.4, -0.2) is 24.2 Å². The third kappa shape index (κ3) is 2.96. The van der Waals surface area contributed by atoms with Crippen LogP contribution in [0.4, 0.5) is 0 Å². The van der Waals surface area contributed by atoms with Crippen molar-refractivity contribution in [1.82, 2.24) is 4.68 Å². The van der Waals surface area contributed by atoms with E-state index >= 15 is 0 Å². The normalized spacial score (nSPS) is 11.2. The predicted molar refractivity (Wildman–Crippen MR) is 72.1 cm³/mol. The van der Waals surface area contributed by atoms with Gasteiger partial charge in [0, 0.05) is 16.9 Å². The summed E-state index contributed by atoms with van der Waals surface area (Å²) < 4.78 is 25.8. The molecule has 100 valence electrons. The fourth-order valence-corrected chi connectivity index (χ4v) is 3.42. The lowest BCUT2D eigenvalue weighted by Crippen LogP contribution is -2.22. The van der Waals surface area contributed by atoms with E-state index in [-0.39, 0.29) is 14.9 Å². The molecule has 0 bridgehead atoms. The van der Waals surface area contributed by atoms with E-state index in [4.69, 9.17) is 5.11 Å². The van der Waals surface area contributed by atoms with Gasteiger partial charge in [-0.1, -0.05) is 0 Å². The minimum absolute atomic E-state index is 0.101. The predicted octanol–water partition coefficient (Wildman–Crippen LogP) is 1.88. The number of hydrogen-bond donors (Lipinski definition) is 2. The molecule has 0 spiro atoms. The average molecular weight is 345 g/mol. The van der Waals surface area contributed by atoms with E-state index < -0.39 is 16.0 Å². The Bertz CT molecular complexity index is 710. The maximum Gasteiger partial charge on any atom is 0.335 e. The highest BCUT2D eigenvalue weighted by molar-refractivity contribution is 9.10. The van der Waals surface area contributed by atoms with Crippen molar-refractivity contribution in [2.45, 2.75) is 4.90 Å². The first kappa shape index (κ1) is 13.6. The summed E-state index contributed by atoms with van der Waals surface area (Å²) in [5, 5.41) is 8.89. The van der Waals surface area contributed by atoms with E-state index in [1.165, 1.54) is 29.2 Å².